The summed E-state index contributed by atoms with van der Waals surface area (Å²) in [4.78, 5) is 5.25. The van der Waals surface area contributed by atoms with Crippen LogP contribution in [0.1, 0.15) is 169 Å². The Labute approximate surface area is 351 Å². The molecule has 5 aromatic carbocycles. The van der Waals surface area contributed by atoms with Crippen LogP contribution < -0.4 is 15.9 Å². The van der Waals surface area contributed by atoms with Gasteiger partial charge in [0.2, 0.25) is 5.90 Å². The average molecular weight is 788 g/mol. The van der Waals surface area contributed by atoms with E-state index in [4.69, 9.17) is 9.73 Å². The van der Waals surface area contributed by atoms with E-state index >= 15 is 0 Å². The summed E-state index contributed by atoms with van der Waals surface area (Å²) in [5.74, 6) is 1.68. The van der Waals surface area contributed by atoms with Crippen molar-refractivity contribution in [3.05, 3.63) is 159 Å². The minimum atomic E-state index is -0.907. The first kappa shape index (κ1) is 40.8. The number of ether oxygens (including phenoxy) is 1. The molecule has 0 spiro atoms. The molecule has 0 bridgehead atoms. The highest BCUT2D eigenvalue weighted by atomic mass is 31.1. The fraction of sp³-hybridized carbons (Fsp3) is 0.436. The zero-order valence-electron chi connectivity index (χ0n) is 37.4. The van der Waals surface area contributed by atoms with Gasteiger partial charge in [-0.15, -0.1) is 0 Å². The van der Waals surface area contributed by atoms with Crippen molar-refractivity contribution < 1.29 is 4.74 Å². The normalized spacial score (nSPS) is 19.6. The van der Waals surface area contributed by atoms with Crippen LogP contribution in [0.25, 0.3) is 0 Å². The van der Waals surface area contributed by atoms with Crippen molar-refractivity contribution in [2.24, 2.45) is 4.99 Å². The minimum absolute atomic E-state index is 0.0243. The molecule has 0 amide bonds. The standard InChI is InChI=1S/C55H66NOP/c1-52(2,3)38-28-39(53(4,5)6)31-42(30-38)58(43-32-40(54(7,8)9)29-41(33-43)55(10,11)12)48-23-17-21-37-25-27-45(50(37)48)44-26-24-36-20-16-22-46(49(36)44)51-56-47(34-57-51)35-18-14-13-15-19-35/h13-23,28-33,44-45,47H,24-27,34H2,1-12H3/t44?,45-,47+/m0/s1. The Morgan fingerprint density at radius 2 is 0.983 bits per heavy atom. The third-order valence-electron chi connectivity index (χ3n) is 13.2. The van der Waals surface area contributed by atoms with Crippen molar-refractivity contribution >= 4 is 29.7 Å². The summed E-state index contributed by atoms with van der Waals surface area (Å²) < 4.78 is 6.50. The van der Waals surface area contributed by atoms with Crippen molar-refractivity contribution in [1.29, 1.82) is 0 Å². The van der Waals surface area contributed by atoms with Gasteiger partial charge in [0.25, 0.3) is 0 Å². The van der Waals surface area contributed by atoms with Gasteiger partial charge in [0.1, 0.15) is 12.6 Å². The topological polar surface area (TPSA) is 21.6 Å². The Morgan fingerprint density at radius 1 is 0.517 bits per heavy atom. The van der Waals surface area contributed by atoms with Gasteiger partial charge >= 0.3 is 0 Å². The lowest BCUT2D eigenvalue weighted by molar-refractivity contribution is 0.319. The maximum atomic E-state index is 6.50. The summed E-state index contributed by atoms with van der Waals surface area (Å²) in [6.07, 6.45) is 4.58. The highest BCUT2D eigenvalue weighted by Gasteiger charge is 2.41. The van der Waals surface area contributed by atoms with E-state index in [1.165, 1.54) is 68.0 Å². The molecule has 3 atom stereocenters. The number of fused-ring (bicyclic) bond motifs is 2. The average Bonchev–Trinajstić information content (AvgIpc) is 3.93. The van der Waals surface area contributed by atoms with Crippen LogP contribution >= 0.6 is 7.92 Å². The van der Waals surface area contributed by atoms with Gasteiger partial charge in [-0.3, -0.25) is 0 Å². The van der Waals surface area contributed by atoms with E-state index in [-0.39, 0.29) is 27.7 Å². The van der Waals surface area contributed by atoms with Crippen LogP contribution in [0, 0.1) is 0 Å². The SMILES string of the molecule is CC(C)(C)c1cc(P(c2cc(C(C)(C)C)cc(C(C)(C)C)c2)c2cccc3c2[C@H](C2CCc4cccc(C5=N[C@@H](c6ccccc6)CO5)c42)CC3)cc(C(C)(C)C)c1. The van der Waals surface area contributed by atoms with Gasteiger partial charge in [-0.1, -0.05) is 180 Å². The quantitative estimate of drug-likeness (QED) is 0.157. The van der Waals surface area contributed by atoms with Crippen LogP contribution in [-0.4, -0.2) is 12.5 Å². The fourth-order valence-electron chi connectivity index (χ4n) is 9.62. The number of nitrogens with zero attached hydrogens (tertiary/aromatic N) is 1. The molecule has 0 saturated heterocycles. The smallest absolute Gasteiger partial charge is 0.217 e. The molecule has 1 aliphatic heterocycles. The molecule has 302 valence electrons. The molecule has 3 aliphatic rings. The van der Waals surface area contributed by atoms with Gasteiger partial charge in [0.05, 0.1) is 0 Å². The Hall–Kier alpha value is -4.00. The van der Waals surface area contributed by atoms with Crippen LogP contribution in [-0.2, 0) is 39.2 Å². The maximum Gasteiger partial charge on any atom is 0.217 e. The summed E-state index contributed by atoms with van der Waals surface area (Å²) in [5, 5.41) is 4.51. The molecule has 1 unspecified atom stereocenters. The number of benzene rings is 5. The molecule has 0 saturated carbocycles. The second-order valence-electron chi connectivity index (χ2n) is 21.6. The predicted molar refractivity (Wildman–Crippen MR) is 250 cm³/mol. The molecule has 2 aliphatic carbocycles. The Kier molecular flexibility index (Phi) is 10.5. The fourth-order valence-corrected chi connectivity index (χ4v) is 12.3. The number of rotatable bonds is 6. The first-order valence-electron chi connectivity index (χ1n) is 21.9. The monoisotopic (exact) mass is 787 g/mol. The molecule has 8 rings (SSSR count). The second-order valence-corrected chi connectivity index (χ2v) is 23.7. The lowest BCUT2D eigenvalue weighted by Gasteiger charge is -2.33. The summed E-state index contributed by atoms with van der Waals surface area (Å²) in [5.41, 5.74) is 14.4. The summed E-state index contributed by atoms with van der Waals surface area (Å²) >= 11 is 0. The van der Waals surface area contributed by atoms with Gasteiger partial charge < -0.3 is 4.74 Å². The lowest BCUT2D eigenvalue weighted by Crippen LogP contribution is -2.30. The van der Waals surface area contributed by atoms with Gasteiger partial charge in [0, 0.05) is 5.56 Å². The summed E-state index contributed by atoms with van der Waals surface area (Å²) in [7, 11) is -0.907. The number of aryl methyl sites for hydroxylation is 2. The third-order valence-corrected chi connectivity index (χ3v) is 15.6. The first-order chi connectivity index (χ1) is 27.3. The van der Waals surface area contributed by atoms with Crippen molar-refractivity contribution in [3.8, 4) is 0 Å². The van der Waals surface area contributed by atoms with Gasteiger partial charge in [-0.25, -0.2) is 4.99 Å². The van der Waals surface area contributed by atoms with Gasteiger partial charge in [-0.05, 0) is 139 Å². The van der Waals surface area contributed by atoms with Crippen LogP contribution in [0.15, 0.2) is 108 Å². The van der Waals surface area contributed by atoms with E-state index in [1.54, 1.807) is 16.4 Å². The highest BCUT2D eigenvalue weighted by molar-refractivity contribution is 7.80. The Balaban J connectivity index is 1.33. The van der Waals surface area contributed by atoms with Gasteiger partial charge in [0.15, 0.2) is 0 Å². The number of aliphatic imine (C=N–C) groups is 1. The van der Waals surface area contributed by atoms with E-state index in [1.807, 2.05) is 0 Å². The van der Waals surface area contributed by atoms with Crippen LogP contribution in [0.3, 0.4) is 0 Å². The first-order valence-corrected chi connectivity index (χ1v) is 23.2. The molecule has 2 nitrogen and oxygen atoms in total. The van der Waals surface area contributed by atoms with E-state index < -0.39 is 7.92 Å². The molecule has 3 heteroatoms. The Bertz CT molecular complexity index is 2220. The van der Waals surface area contributed by atoms with Gasteiger partial charge in [-0.2, -0.15) is 0 Å². The third kappa shape index (κ3) is 7.88. The largest absolute Gasteiger partial charge is 0.475 e. The molecular weight excluding hydrogens is 722 g/mol. The number of hydrogen-bond acceptors (Lipinski definition) is 2. The predicted octanol–water partition coefficient (Wildman–Crippen LogP) is 12.9. The minimum Gasteiger partial charge on any atom is -0.475 e. The molecule has 58 heavy (non-hydrogen) atoms. The molecule has 0 N–H and O–H groups in total. The van der Waals surface area contributed by atoms with Crippen LogP contribution in [0.4, 0.5) is 0 Å². The Morgan fingerprint density at radius 3 is 1.48 bits per heavy atom. The highest BCUT2D eigenvalue weighted by Crippen LogP contribution is 2.53. The van der Waals surface area contributed by atoms with E-state index in [9.17, 15) is 0 Å². The zero-order chi connectivity index (χ0) is 41.4. The van der Waals surface area contributed by atoms with E-state index in [0.717, 1.165) is 18.7 Å². The van der Waals surface area contributed by atoms with E-state index in [2.05, 4.69) is 186 Å². The van der Waals surface area contributed by atoms with Crippen molar-refractivity contribution in [2.75, 3.05) is 6.61 Å². The second kappa shape index (κ2) is 14.9. The molecule has 0 aromatic heterocycles. The van der Waals surface area contributed by atoms with Crippen molar-refractivity contribution in [2.45, 2.75) is 148 Å². The molecule has 0 fully saturated rings. The summed E-state index contributed by atoms with van der Waals surface area (Å²) in [6.45, 7) is 29.2. The maximum absolute atomic E-state index is 6.50. The van der Waals surface area contributed by atoms with Crippen LogP contribution in [0.2, 0.25) is 0 Å². The molecule has 5 aromatic rings. The molecular formula is C55H66NOP. The van der Waals surface area contributed by atoms with Crippen molar-refractivity contribution in [1.82, 2.24) is 0 Å². The van der Waals surface area contributed by atoms with Crippen molar-refractivity contribution in [3.63, 3.8) is 0 Å². The molecule has 0 radical (unpaired) electrons. The zero-order valence-corrected chi connectivity index (χ0v) is 38.3. The van der Waals surface area contributed by atoms with Crippen LogP contribution in [0.5, 0.6) is 0 Å². The number of hydrogen-bond donors (Lipinski definition) is 0. The molecule has 1 heterocycles. The van der Waals surface area contributed by atoms with E-state index in [0.29, 0.717) is 18.4 Å². The lowest BCUT2D eigenvalue weighted by atomic mass is 9.81. The summed E-state index contributed by atoms with van der Waals surface area (Å²) in [6, 6.07) is 40.3.